The number of piperidine rings is 1. The Morgan fingerprint density at radius 2 is 2.05 bits per heavy atom. The van der Waals surface area contributed by atoms with Crippen molar-refractivity contribution in [2.45, 2.75) is 18.9 Å². The number of likely N-dealkylation sites (tertiary alicyclic amines) is 1. The second-order valence-electron chi connectivity index (χ2n) is 4.94. The predicted molar refractivity (Wildman–Crippen MR) is 83.7 cm³/mol. The predicted octanol–water partition coefficient (Wildman–Crippen LogP) is 3.10. The Bertz CT molecular complexity index is 550. The number of amides is 2. The lowest BCUT2D eigenvalue weighted by atomic mass is 10.1. The van der Waals surface area contributed by atoms with E-state index in [1.54, 1.807) is 18.2 Å². The Morgan fingerprint density at radius 3 is 2.67 bits per heavy atom. The minimum atomic E-state index is -0.257. The van der Waals surface area contributed by atoms with Gasteiger partial charge < -0.3 is 10.6 Å². The zero-order valence-corrected chi connectivity index (χ0v) is 12.9. The summed E-state index contributed by atoms with van der Waals surface area (Å²) in [5.41, 5.74) is 0.601. The molecule has 0 aromatic heterocycles. The number of nitrogens with one attached hydrogen (secondary N) is 2. The normalized spacial score (nSPS) is 16.2. The standard InChI is InChI=1S/C14H16Cl2N4O/c15-12-2-1-11(9-13(12)16)19-14(21)18-10-3-6-20(7-4-10)8-5-17/h1-2,9-10H,3-4,6-8H2,(H2,18,19,21). The number of hydrogen-bond acceptors (Lipinski definition) is 3. The summed E-state index contributed by atoms with van der Waals surface area (Å²) in [6, 6.07) is 6.96. The first-order valence-corrected chi connectivity index (χ1v) is 7.46. The maximum atomic E-state index is 11.9. The Balaban J connectivity index is 1.80. The summed E-state index contributed by atoms with van der Waals surface area (Å²) < 4.78 is 0. The first-order chi connectivity index (χ1) is 10.1. The molecule has 1 aromatic rings. The fourth-order valence-electron chi connectivity index (χ4n) is 2.26. The molecule has 2 rings (SSSR count). The van der Waals surface area contributed by atoms with Crippen molar-refractivity contribution in [1.82, 2.24) is 10.2 Å². The lowest BCUT2D eigenvalue weighted by molar-refractivity contribution is 0.211. The third-order valence-electron chi connectivity index (χ3n) is 3.39. The molecule has 2 amide bonds. The van der Waals surface area contributed by atoms with Crippen molar-refractivity contribution in [3.05, 3.63) is 28.2 Å². The minimum absolute atomic E-state index is 0.128. The van der Waals surface area contributed by atoms with Crippen LogP contribution in [0.2, 0.25) is 10.0 Å². The Kier molecular flexibility index (Phi) is 5.68. The van der Waals surface area contributed by atoms with Gasteiger partial charge in [0, 0.05) is 24.8 Å². The summed E-state index contributed by atoms with van der Waals surface area (Å²) in [5.74, 6) is 0. The summed E-state index contributed by atoms with van der Waals surface area (Å²) >= 11 is 11.7. The highest BCUT2D eigenvalue weighted by Gasteiger charge is 2.20. The van der Waals surface area contributed by atoms with Gasteiger partial charge in [0.2, 0.25) is 0 Å². The van der Waals surface area contributed by atoms with Crippen molar-refractivity contribution in [3.63, 3.8) is 0 Å². The highest BCUT2D eigenvalue weighted by atomic mass is 35.5. The molecule has 1 aromatic carbocycles. The molecule has 0 bridgehead atoms. The SMILES string of the molecule is N#CCN1CCC(NC(=O)Nc2ccc(Cl)c(Cl)c2)CC1. The smallest absolute Gasteiger partial charge is 0.319 e. The third-order valence-corrected chi connectivity index (χ3v) is 4.13. The molecule has 1 heterocycles. The van der Waals surface area contributed by atoms with E-state index in [1.807, 2.05) is 0 Å². The van der Waals surface area contributed by atoms with E-state index >= 15 is 0 Å². The van der Waals surface area contributed by atoms with E-state index in [1.165, 1.54) is 0 Å². The molecular weight excluding hydrogens is 311 g/mol. The van der Waals surface area contributed by atoms with Crippen molar-refractivity contribution < 1.29 is 4.79 Å². The molecule has 1 fully saturated rings. The number of carbonyl (C=O) groups is 1. The number of hydrogen-bond donors (Lipinski definition) is 2. The molecule has 1 saturated heterocycles. The van der Waals surface area contributed by atoms with Crippen molar-refractivity contribution in [2.75, 3.05) is 25.0 Å². The first kappa shape index (κ1) is 15.9. The van der Waals surface area contributed by atoms with Crippen molar-refractivity contribution in [3.8, 4) is 6.07 Å². The molecule has 0 spiro atoms. The Morgan fingerprint density at radius 1 is 1.33 bits per heavy atom. The fraction of sp³-hybridized carbons (Fsp3) is 0.429. The number of urea groups is 1. The van der Waals surface area contributed by atoms with Gasteiger partial charge in [0.05, 0.1) is 22.7 Å². The number of rotatable bonds is 3. The van der Waals surface area contributed by atoms with E-state index in [9.17, 15) is 4.79 Å². The summed E-state index contributed by atoms with van der Waals surface area (Å²) in [6.07, 6.45) is 1.69. The topological polar surface area (TPSA) is 68.2 Å². The molecule has 0 atom stereocenters. The number of benzene rings is 1. The minimum Gasteiger partial charge on any atom is -0.335 e. The summed E-state index contributed by atoms with van der Waals surface area (Å²) in [7, 11) is 0. The van der Waals surface area contributed by atoms with Gasteiger partial charge in [-0.3, -0.25) is 4.90 Å². The third kappa shape index (κ3) is 4.78. The average molecular weight is 327 g/mol. The first-order valence-electron chi connectivity index (χ1n) is 6.70. The molecule has 0 unspecified atom stereocenters. The van der Waals surface area contributed by atoms with Crippen LogP contribution < -0.4 is 10.6 Å². The van der Waals surface area contributed by atoms with Crippen LogP contribution in [0.5, 0.6) is 0 Å². The van der Waals surface area contributed by atoms with Crippen LogP contribution in [0.15, 0.2) is 18.2 Å². The van der Waals surface area contributed by atoms with Crippen LogP contribution in [-0.4, -0.2) is 36.6 Å². The van der Waals surface area contributed by atoms with Gasteiger partial charge in [0.1, 0.15) is 0 Å². The van der Waals surface area contributed by atoms with Gasteiger partial charge >= 0.3 is 6.03 Å². The monoisotopic (exact) mass is 326 g/mol. The van der Waals surface area contributed by atoms with Gasteiger partial charge in [-0.25, -0.2) is 4.79 Å². The molecule has 1 aliphatic rings. The largest absolute Gasteiger partial charge is 0.335 e. The van der Waals surface area contributed by atoms with E-state index in [4.69, 9.17) is 28.5 Å². The highest BCUT2D eigenvalue weighted by Crippen LogP contribution is 2.24. The lowest BCUT2D eigenvalue weighted by Crippen LogP contribution is -2.46. The summed E-state index contributed by atoms with van der Waals surface area (Å²) in [6.45, 7) is 2.10. The molecule has 0 radical (unpaired) electrons. The molecule has 5 nitrogen and oxygen atoms in total. The van der Waals surface area contributed by atoms with Crippen LogP contribution in [0.1, 0.15) is 12.8 Å². The average Bonchev–Trinajstić information content (AvgIpc) is 2.45. The number of anilines is 1. The molecule has 112 valence electrons. The molecule has 0 aliphatic carbocycles. The summed E-state index contributed by atoms with van der Waals surface area (Å²) in [5, 5.41) is 15.2. The molecule has 2 N–H and O–H groups in total. The van der Waals surface area contributed by atoms with E-state index in [-0.39, 0.29) is 12.1 Å². The van der Waals surface area contributed by atoms with Crippen molar-refractivity contribution in [2.24, 2.45) is 0 Å². The van der Waals surface area contributed by atoms with Crippen molar-refractivity contribution >= 4 is 34.9 Å². The molecule has 7 heteroatoms. The van der Waals surface area contributed by atoms with E-state index in [0.717, 1.165) is 25.9 Å². The number of halogens is 2. The van der Waals surface area contributed by atoms with E-state index < -0.39 is 0 Å². The number of nitrogens with zero attached hydrogens (tertiary/aromatic N) is 2. The van der Waals surface area contributed by atoms with Gasteiger partial charge in [-0.05, 0) is 31.0 Å². The lowest BCUT2D eigenvalue weighted by Gasteiger charge is -2.30. The molecule has 21 heavy (non-hydrogen) atoms. The van der Waals surface area contributed by atoms with Crippen LogP contribution in [-0.2, 0) is 0 Å². The quantitative estimate of drug-likeness (QED) is 0.838. The summed E-state index contributed by atoms with van der Waals surface area (Å²) in [4.78, 5) is 14.0. The zero-order chi connectivity index (χ0) is 15.2. The van der Waals surface area contributed by atoms with E-state index in [0.29, 0.717) is 22.3 Å². The maximum absolute atomic E-state index is 11.9. The van der Waals surface area contributed by atoms with Gasteiger partial charge in [-0.1, -0.05) is 23.2 Å². The zero-order valence-electron chi connectivity index (χ0n) is 11.4. The Hall–Kier alpha value is -1.48. The van der Waals surface area contributed by atoms with Crippen LogP contribution in [0, 0.1) is 11.3 Å². The second kappa shape index (κ2) is 7.51. The van der Waals surface area contributed by atoms with Gasteiger partial charge in [0.25, 0.3) is 0 Å². The van der Waals surface area contributed by atoms with Gasteiger partial charge in [0.15, 0.2) is 0 Å². The van der Waals surface area contributed by atoms with Crippen LogP contribution in [0.3, 0.4) is 0 Å². The number of carbonyl (C=O) groups excluding carboxylic acids is 1. The van der Waals surface area contributed by atoms with Crippen LogP contribution >= 0.6 is 23.2 Å². The Labute approximate surface area is 133 Å². The van der Waals surface area contributed by atoms with Crippen molar-refractivity contribution in [1.29, 1.82) is 5.26 Å². The fourth-order valence-corrected chi connectivity index (χ4v) is 2.56. The van der Waals surface area contributed by atoms with Gasteiger partial charge in [-0.2, -0.15) is 5.26 Å². The number of nitriles is 1. The van der Waals surface area contributed by atoms with E-state index in [2.05, 4.69) is 21.6 Å². The highest BCUT2D eigenvalue weighted by molar-refractivity contribution is 6.42. The van der Waals surface area contributed by atoms with Crippen LogP contribution in [0.25, 0.3) is 0 Å². The molecule has 1 aliphatic heterocycles. The molecular formula is C14H16Cl2N4O. The van der Waals surface area contributed by atoms with Crippen LogP contribution in [0.4, 0.5) is 10.5 Å². The van der Waals surface area contributed by atoms with Gasteiger partial charge in [-0.15, -0.1) is 0 Å². The second-order valence-corrected chi connectivity index (χ2v) is 5.75. The molecule has 0 saturated carbocycles. The maximum Gasteiger partial charge on any atom is 0.319 e.